The number of phenols is 1. The van der Waals surface area contributed by atoms with Crippen LogP contribution in [0.25, 0.3) is 0 Å². The molecule has 0 aromatic heterocycles. The zero-order valence-corrected chi connectivity index (χ0v) is 17.8. The molecule has 2 aromatic rings. The highest BCUT2D eigenvalue weighted by Crippen LogP contribution is 2.33. The molecule has 2 aromatic carbocycles. The molecule has 0 amide bonds. The van der Waals surface area contributed by atoms with Crippen LogP contribution in [-0.2, 0) is 23.3 Å². The molecule has 2 unspecified atom stereocenters. The van der Waals surface area contributed by atoms with E-state index in [-0.39, 0.29) is 30.0 Å². The van der Waals surface area contributed by atoms with Gasteiger partial charge >= 0.3 is 12.4 Å². The van der Waals surface area contributed by atoms with E-state index in [9.17, 15) is 40.0 Å². The second-order valence-corrected chi connectivity index (χ2v) is 8.68. The molecular weight excluding hydrogens is 497 g/mol. The first-order valence-electron chi connectivity index (χ1n) is 9.28. The molecule has 2 atom stereocenters. The maximum Gasteiger partial charge on any atom is 0.419 e. The maximum absolute atomic E-state index is 12.6. The van der Waals surface area contributed by atoms with Gasteiger partial charge in [0.15, 0.2) is 0 Å². The first kappa shape index (κ1) is 27.5. The van der Waals surface area contributed by atoms with E-state index in [0.717, 1.165) is 18.2 Å². The first-order chi connectivity index (χ1) is 15.6. The van der Waals surface area contributed by atoms with Gasteiger partial charge in [0.25, 0.3) is 0 Å². The molecule has 186 valence electrons. The number of phenolic OH excluding ortho intramolecular Hbond substituents is 1. The molecule has 3 N–H and O–H groups in total. The predicted molar refractivity (Wildman–Crippen MR) is 104 cm³/mol. The number of nitriles is 1. The van der Waals surface area contributed by atoms with E-state index < -0.39 is 58.2 Å². The molecule has 0 aliphatic carbocycles. The minimum atomic E-state index is -4.71. The van der Waals surface area contributed by atoms with Gasteiger partial charge in [-0.3, -0.25) is 0 Å². The van der Waals surface area contributed by atoms with E-state index in [4.69, 9.17) is 15.5 Å². The fourth-order valence-corrected chi connectivity index (χ4v) is 4.28. The summed E-state index contributed by atoms with van der Waals surface area (Å²) in [6.07, 6.45) is -9.11. The van der Waals surface area contributed by atoms with E-state index in [1.54, 1.807) is 6.07 Å². The van der Waals surface area contributed by atoms with Crippen LogP contribution in [-0.4, -0.2) is 49.1 Å². The van der Waals surface area contributed by atoms with Crippen molar-refractivity contribution in [1.82, 2.24) is 4.31 Å². The number of aromatic hydroxyl groups is 1. The summed E-state index contributed by atoms with van der Waals surface area (Å²) in [7, 11) is -1.88. The fourth-order valence-electron chi connectivity index (χ4n) is 2.91. The Balaban J connectivity index is 0.000000287. The Kier molecular flexibility index (Phi) is 8.30. The SMILES string of the molecule is N#Cc1cc(C(F)(F)F)ccc1S(=O)N1CCC(O)(CO)C1.Oc1ccc(C(F)(F)F)c(F)c1. The molecule has 0 radical (unpaired) electrons. The zero-order chi connectivity index (χ0) is 25.9. The van der Waals surface area contributed by atoms with Gasteiger partial charge in [-0.05, 0) is 36.8 Å². The Morgan fingerprint density at radius 3 is 2.21 bits per heavy atom. The number of hydrogen-bond donors (Lipinski definition) is 3. The van der Waals surface area contributed by atoms with Crippen molar-refractivity contribution in [2.75, 3.05) is 19.7 Å². The average Bonchev–Trinajstić information content (AvgIpc) is 3.14. The smallest absolute Gasteiger partial charge is 0.419 e. The molecule has 0 spiro atoms. The maximum atomic E-state index is 12.6. The Morgan fingerprint density at radius 1 is 1.09 bits per heavy atom. The van der Waals surface area contributed by atoms with Crippen LogP contribution < -0.4 is 0 Å². The lowest BCUT2D eigenvalue weighted by atomic mass is 10.1. The van der Waals surface area contributed by atoms with Crippen molar-refractivity contribution in [3.63, 3.8) is 0 Å². The molecule has 1 aliphatic rings. The minimum Gasteiger partial charge on any atom is -0.508 e. The Morgan fingerprint density at radius 2 is 1.74 bits per heavy atom. The number of benzene rings is 2. The Hall–Kier alpha value is -2.73. The van der Waals surface area contributed by atoms with Gasteiger partial charge in [-0.2, -0.15) is 31.6 Å². The van der Waals surface area contributed by atoms with Gasteiger partial charge in [0.05, 0.1) is 28.2 Å². The molecule has 14 heteroatoms. The summed E-state index contributed by atoms with van der Waals surface area (Å²) in [6.45, 7) is -0.379. The van der Waals surface area contributed by atoms with E-state index in [2.05, 4.69) is 0 Å². The second-order valence-electron chi connectivity index (χ2n) is 7.23. The summed E-state index contributed by atoms with van der Waals surface area (Å²) >= 11 is 0. The van der Waals surface area contributed by atoms with Crippen LogP contribution in [0.5, 0.6) is 5.75 Å². The summed E-state index contributed by atoms with van der Waals surface area (Å²) in [5.41, 5.74) is -4.07. The number of nitrogens with zero attached hydrogens (tertiary/aromatic N) is 2. The van der Waals surface area contributed by atoms with Crippen molar-refractivity contribution in [1.29, 1.82) is 5.26 Å². The van der Waals surface area contributed by atoms with Gasteiger partial charge in [0.2, 0.25) is 0 Å². The van der Waals surface area contributed by atoms with Gasteiger partial charge in [-0.1, -0.05) is 0 Å². The lowest BCUT2D eigenvalue weighted by Gasteiger charge is -2.20. The quantitative estimate of drug-likeness (QED) is 0.544. The standard InChI is InChI=1S/C13H13F3N2O3S.C7H4F4O/c14-13(15,16)10-1-2-11(9(5-10)6-17)22(21)18-4-3-12(20,7-18)8-19;8-6-3-4(12)1-2-5(6)7(9,10)11/h1-2,5,19-20H,3-4,7-8H2;1-3,12H. The van der Waals surface area contributed by atoms with Gasteiger partial charge in [-0.25, -0.2) is 12.9 Å². The average molecular weight is 514 g/mol. The van der Waals surface area contributed by atoms with Gasteiger partial charge in [-0.15, -0.1) is 0 Å². The molecule has 1 heterocycles. The number of halogens is 7. The number of aliphatic hydroxyl groups excluding tert-OH is 1. The summed E-state index contributed by atoms with van der Waals surface area (Å²) < 4.78 is 99.7. The molecule has 1 aliphatic heterocycles. The predicted octanol–water partition coefficient (Wildman–Crippen LogP) is 3.58. The van der Waals surface area contributed by atoms with Crippen molar-refractivity contribution in [2.24, 2.45) is 0 Å². The van der Waals surface area contributed by atoms with E-state index in [1.807, 2.05) is 0 Å². The molecular formula is C20H17F7N2O4S. The van der Waals surface area contributed by atoms with Gasteiger partial charge in [0.1, 0.15) is 34.2 Å². The number of alkyl halides is 6. The van der Waals surface area contributed by atoms with E-state index in [1.165, 1.54) is 4.31 Å². The molecule has 1 fully saturated rings. The van der Waals surface area contributed by atoms with E-state index >= 15 is 0 Å². The largest absolute Gasteiger partial charge is 0.508 e. The minimum absolute atomic E-state index is 0.0438. The van der Waals surface area contributed by atoms with Gasteiger partial charge in [0, 0.05) is 19.2 Å². The summed E-state index contributed by atoms with van der Waals surface area (Å²) in [5, 5.41) is 36.6. The summed E-state index contributed by atoms with van der Waals surface area (Å²) in [5.74, 6) is -2.00. The lowest BCUT2D eigenvalue weighted by molar-refractivity contribution is -0.140. The fraction of sp³-hybridized carbons (Fsp3) is 0.350. The molecule has 3 rings (SSSR count). The number of β-amino-alcohol motifs (C(OH)–C–C–N with tert-alkyl or cyclic N) is 1. The van der Waals surface area contributed by atoms with Crippen molar-refractivity contribution in [3.05, 3.63) is 58.9 Å². The van der Waals surface area contributed by atoms with Crippen LogP contribution in [0.2, 0.25) is 0 Å². The van der Waals surface area contributed by atoms with Crippen LogP contribution >= 0.6 is 0 Å². The van der Waals surface area contributed by atoms with Crippen LogP contribution in [0.3, 0.4) is 0 Å². The van der Waals surface area contributed by atoms with Crippen molar-refractivity contribution < 1.29 is 50.3 Å². The third-order valence-corrected chi connectivity index (χ3v) is 6.21. The molecule has 0 bridgehead atoms. The van der Waals surface area contributed by atoms with Crippen molar-refractivity contribution in [2.45, 2.75) is 29.3 Å². The monoisotopic (exact) mass is 514 g/mol. The lowest BCUT2D eigenvalue weighted by Crippen LogP contribution is -2.37. The van der Waals surface area contributed by atoms with Gasteiger partial charge < -0.3 is 15.3 Å². The van der Waals surface area contributed by atoms with Crippen LogP contribution in [0.4, 0.5) is 30.7 Å². The number of hydrogen-bond acceptors (Lipinski definition) is 5. The highest BCUT2D eigenvalue weighted by Gasteiger charge is 2.39. The highest BCUT2D eigenvalue weighted by molar-refractivity contribution is 7.82. The van der Waals surface area contributed by atoms with Crippen LogP contribution in [0, 0.1) is 17.1 Å². The normalized spacial score (nSPS) is 19.8. The van der Waals surface area contributed by atoms with Crippen LogP contribution in [0.15, 0.2) is 41.3 Å². The molecule has 0 saturated carbocycles. The Labute approximate surface area is 191 Å². The van der Waals surface area contributed by atoms with Crippen molar-refractivity contribution >= 4 is 11.0 Å². The molecule has 6 nitrogen and oxygen atoms in total. The summed E-state index contributed by atoms with van der Waals surface area (Å²) in [4.78, 5) is -0.0438. The number of aliphatic hydroxyl groups is 2. The Bertz CT molecular complexity index is 1100. The third kappa shape index (κ3) is 6.66. The first-order valence-corrected chi connectivity index (χ1v) is 10.4. The second kappa shape index (κ2) is 10.3. The topological polar surface area (TPSA) is 105 Å². The van der Waals surface area contributed by atoms with Crippen LogP contribution in [0.1, 0.15) is 23.1 Å². The van der Waals surface area contributed by atoms with Crippen molar-refractivity contribution in [3.8, 4) is 11.8 Å². The number of rotatable bonds is 3. The summed E-state index contributed by atoms with van der Waals surface area (Å²) in [6, 6.07) is 5.74. The molecule has 1 saturated heterocycles. The molecule has 34 heavy (non-hydrogen) atoms. The highest BCUT2D eigenvalue weighted by atomic mass is 32.2. The third-order valence-electron chi connectivity index (χ3n) is 4.70. The zero-order valence-electron chi connectivity index (χ0n) is 17.0. The van der Waals surface area contributed by atoms with E-state index in [0.29, 0.717) is 18.2 Å².